The van der Waals surface area contributed by atoms with Gasteiger partial charge in [0.1, 0.15) is 0 Å². The number of carbonyl (C=O) groups excluding carboxylic acids is 3. The third-order valence-corrected chi connectivity index (χ3v) is 5.25. The molecule has 138 valence electrons. The Balaban J connectivity index is 1.46. The summed E-state index contributed by atoms with van der Waals surface area (Å²) in [4.78, 5) is 40.1. The molecule has 0 saturated carbocycles. The first-order chi connectivity index (χ1) is 13.0. The summed E-state index contributed by atoms with van der Waals surface area (Å²) in [6.07, 6.45) is 1.36. The Labute approximate surface area is 157 Å². The molecule has 4 rings (SSSR count). The van der Waals surface area contributed by atoms with Crippen LogP contribution in [0, 0.1) is 5.92 Å². The van der Waals surface area contributed by atoms with Crippen molar-refractivity contribution in [2.75, 3.05) is 28.7 Å². The van der Waals surface area contributed by atoms with Crippen LogP contribution < -0.4 is 15.1 Å². The first-order valence-corrected chi connectivity index (χ1v) is 9.08. The van der Waals surface area contributed by atoms with Crippen molar-refractivity contribution < 1.29 is 14.4 Å². The average Bonchev–Trinajstić information content (AvgIpc) is 3.07. The van der Waals surface area contributed by atoms with Crippen molar-refractivity contribution in [1.29, 1.82) is 0 Å². The predicted molar refractivity (Wildman–Crippen MR) is 104 cm³/mol. The van der Waals surface area contributed by atoms with E-state index in [4.69, 9.17) is 0 Å². The molecule has 1 atom stereocenters. The monoisotopic (exact) mass is 363 g/mol. The number of para-hydroxylation sites is 1. The standard InChI is InChI=1S/C21H21N3O3/c1-23-18-9-8-16(11-14(18)7-10-19(23)25)22-21(27)15-12-20(26)24(13-15)17-5-3-2-4-6-17/h2-6,8-9,11,15H,7,10,12-13H2,1H3,(H,22,27). The molecule has 27 heavy (non-hydrogen) atoms. The first-order valence-electron chi connectivity index (χ1n) is 9.08. The zero-order valence-electron chi connectivity index (χ0n) is 15.1. The molecule has 2 aromatic carbocycles. The highest BCUT2D eigenvalue weighted by atomic mass is 16.2. The SMILES string of the molecule is CN1C(=O)CCc2cc(NC(=O)C3CC(=O)N(c4ccccc4)C3)ccc21. The van der Waals surface area contributed by atoms with Crippen LogP contribution in [0.5, 0.6) is 0 Å². The van der Waals surface area contributed by atoms with E-state index in [0.29, 0.717) is 25.1 Å². The van der Waals surface area contributed by atoms with Gasteiger partial charge in [-0.2, -0.15) is 0 Å². The van der Waals surface area contributed by atoms with Gasteiger partial charge in [-0.1, -0.05) is 18.2 Å². The highest BCUT2D eigenvalue weighted by Crippen LogP contribution is 2.30. The molecule has 1 N–H and O–H groups in total. The molecule has 2 aliphatic heterocycles. The maximum absolute atomic E-state index is 12.7. The fraction of sp³-hybridized carbons (Fsp3) is 0.286. The van der Waals surface area contributed by atoms with E-state index in [0.717, 1.165) is 16.9 Å². The van der Waals surface area contributed by atoms with Crippen LogP contribution in [0.1, 0.15) is 18.4 Å². The molecule has 0 spiro atoms. The number of hydrogen-bond donors (Lipinski definition) is 1. The quantitative estimate of drug-likeness (QED) is 0.911. The van der Waals surface area contributed by atoms with Gasteiger partial charge >= 0.3 is 0 Å². The Morgan fingerprint density at radius 3 is 2.59 bits per heavy atom. The summed E-state index contributed by atoms with van der Waals surface area (Å²) < 4.78 is 0. The Morgan fingerprint density at radius 1 is 1.04 bits per heavy atom. The highest BCUT2D eigenvalue weighted by molar-refractivity contribution is 6.04. The normalized spacial score (nSPS) is 19.2. The molecule has 2 aromatic rings. The van der Waals surface area contributed by atoms with Gasteiger partial charge < -0.3 is 15.1 Å². The number of fused-ring (bicyclic) bond motifs is 1. The molecule has 6 heteroatoms. The summed E-state index contributed by atoms with van der Waals surface area (Å²) in [6.45, 7) is 0.386. The summed E-state index contributed by atoms with van der Waals surface area (Å²) in [5, 5.41) is 2.93. The van der Waals surface area contributed by atoms with Gasteiger partial charge in [-0.05, 0) is 42.3 Å². The number of nitrogens with one attached hydrogen (secondary N) is 1. The summed E-state index contributed by atoms with van der Waals surface area (Å²) in [5.74, 6) is -0.461. The van der Waals surface area contributed by atoms with Crippen molar-refractivity contribution in [2.24, 2.45) is 5.92 Å². The van der Waals surface area contributed by atoms with Gasteiger partial charge in [0.05, 0.1) is 5.92 Å². The summed E-state index contributed by atoms with van der Waals surface area (Å²) in [6, 6.07) is 15.0. The number of carbonyl (C=O) groups is 3. The van der Waals surface area contributed by atoms with E-state index in [-0.39, 0.29) is 30.1 Å². The van der Waals surface area contributed by atoms with Crippen LogP contribution in [0.3, 0.4) is 0 Å². The molecule has 0 aromatic heterocycles. The minimum Gasteiger partial charge on any atom is -0.326 e. The second kappa shape index (κ2) is 6.87. The zero-order chi connectivity index (χ0) is 19.0. The molecule has 2 aliphatic rings. The molecule has 0 aliphatic carbocycles. The summed E-state index contributed by atoms with van der Waals surface area (Å²) in [7, 11) is 1.76. The van der Waals surface area contributed by atoms with E-state index < -0.39 is 0 Å². The summed E-state index contributed by atoms with van der Waals surface area (Å²) >= 11 is 0. The Hall–Kier alpha value is -3.15. The third kappa shape index (κ3) is 3.30. The maximum Gasteiger partial charge on any atom is 0.229 e. The van der Waals surface area contributed by atoms with Crippen molar-refractivity contribution in [2.45, 2.75) is 19.3 Å². The molecule has 0 radical (unpaired) electrons. The van der Waals surface area contributed by atoms with Gasteiger partial charge in [0, 0.05) is 43.5 Å². The van der Waals surface area contributed by atoms with Crippen LogP contribution in [0.25, 0.3) is 0 Å². The van der Waals surface area contributed by atoms with Crippen LogP contribution in [0.15, 0.2) is 48.5 Å². The van der Waals surface area contributed by atoms with Gasteiger partial charge in [0.15, 0.2) is 0 Å². The van der Waals surface area contributed by atoms with Crippen molar-refractivity contribution >= 4 is 34.8 Å². The van der Waals surface area contributed by atoms with E-state index >= 15 is 0 Å². The molecule has 1 fully saturated rings. The molecule has 6 nitrogen and oxygen atoms in total. The predicted octanol–water partition coefficient (Wildman–Crippen LogP) is 2.59. The maximum atomic E-state index is 12.7. The second-order valence-electron chi connectivity index (χ2n) is 7.03. The smallest absolute Gasteiger partial charge is 0.229 e. The minimum absolute atomic E-state index is 0.0353. The average molecular weight is 363 g/mol. The van der Waals surface area contributed by atoms with Crippen LogP contribution in [-0.4, -0.2) is 31.3 Å². The largest absolute Gasteiger partial charge is 0.326 e. The van der Waals surface area contributed by atoms with Crippen LogP contribution >= 0.6 is 0 Å². The minimum atomic E-state index is -0.377. The van der Waals surface area contributed by atoms with E-state index in [1.165, 1.54) is 0 Å². The fourth-order valence-corrected chi connectivity index (χ4v) is 3.72. The number of amides is 3. The van der Waals surface area contributed by atoms with Crippen molar-refractivity contribution in [3.8, 4) is 0 Å². The Bertz CT molecular complexity index is 910. The molecule has 1 saturated heterocycles. The van der Waals surface area contributed by atoms with E-state index in [1.54, 1.807) is 22.9 Å². The number of benzene rings is 2. The molecule has 3 amide bonds. The Kier molecular flexibility index (Phi) is 4.39. The van der Waals surface area contributed by atoms with Gasteiger partial charge in [-0.15, -0.1) is 0 Å². The lowest BCUT2D eigenvalue weighted by atomic mass is 10.0. The lowest BCUT2D eigenvalue weighted by Crippen LogP contribution is -2.31. The van der Waals surface area contributed by atoms with Gasteiger partial charge in [-0.3, -0.25) is 14.4 Å². The van der Waals surface area contributed by atoms with Gasteiger partial charge in [-0.25, -0.2) is 0 Å². The fourth-order valence-electron chi connectivity index (χ4n) is 3.72. The third-order valence-electron chi connectivity index (χ3n) is 5.25. The molecular weight excluding hydrogens is 342 g/mol. The Morgan fingerprint density at radius 2 is 1.81 bits per heavy atom. The molecular formula is C21H21N3O3. The van der Waals surface area contributed by atoms with E-state index in [1.807, 2.05) is 42.5 Å². The second-order valence-corrected chi connectivity index (χ2v) is 7.03. The van der Waals surface area contributed by atoms with E-state index in [2.05, 4.69) is 5.32 Å². The van der Waals surface area contributed by atoms with Crippen molar-refractivity contribution in [3.63, 3.8) is 0 Å². The van der Waals surface area contributed by atoms with Crippen LogP contribution in [0.2, 0.25) is 0 Å². The van der Waals surface area contributed by atoms with Gasteiger partial charge in [0.25, 0.3) is 0 Å². The number of nitrogens with zero attached hydrogens (tertiary/aromatic N) is 2. The zero-order valence-corrected chi connectivity index (χ0v) is 15.1. The lowest BCUT2D eigenvalue weighted by molar-refractivity contribution is -0.122. The summed E-state index contributed by atoms with van der Waals surface area (Å²) in [5.41, 5.74) is 3.45. The topological polar surface area (TPSA) is 69.7 Å². The van der Waals surface area contributed by atoms with Gasteiger partial charge in [0.2, 0.25) is 17.7 Å². The number of rotatable bonds is 3. The molecule has 2 heterocycles. The van der Waals surface area contributed by atoms with Crippen molar-refractivity contribution in [3.05, 3.63) is 54.1 Å². The number of anilines is 3. The van der Waals surface area contributed by atoms with Crippen LogP contribution in [-0.2, 0) is 20.8 Å². The molecule has 1 unspecified atom stereocenters. The first kappa shape index (κ1) is 17.3. The highest BCUT2D eigenvalue weighted by Gasteiger charge is 2.35. The number of hydrogen-bond acceptors (Lipinski definition) is 3. The van der Waals surface area contributed by atoms with Crippen molar-refractivity contribution in [1.82, 2.24) is 0 Å². The number of aryl methyl sites for hydroxylation is 1. The van der Waals surface area contributed by atoms with Crippen LogP contribution in [0.4, 0.5) is 17.1 Å². The molecule has 0 bridgehead atoms. The van der Waals surface area contributed by atoms with E-state index in [9.17, 15) is 14.4 Å². The lowest BCUT2D eigenvalue weighted by Gasteiger charge is -2.26.